The Kier molecular flexibility index (Phi) is 2.97. The van der Waals surface area contributed by atoms with Crippen molar-refractivity contribution < 1.29 is 4.79 Å². The molecule has 1 N–H and O–H groups in total. The number of pyridine rings is 1. The minimum atomic E-state index is 0.0740. The third-order valence-electron chi connectivity index (χ3n) is 4.51. The van der Waals surface area contributed by atoms with Crippen LogP contribution >= 0.6 is 11.3 Å². The number of aromatic nitrogens is 1. The van der Waals surface area contributed by atoms with E-state index >= 15 is 0 Å². The number of amides is 1. The van der Waals surface area contributed by atoms with Crippen molar-refractivity contribution in [3.63, 3.8) is 0 Å². The number of nitrogens with one attached hydrogen (secondary N) is 1. The van der Waals surface area contributed by atoms with Gasteiger partial charge in [0.1, 0.15) is 0 Å². The molecule has 3 saturated heterocycles. The second-order valence-corrected chi connectivity index (χ2v) is 6.83. The van der Waals surface area contributed by atoms with Gasteiger partial charge in [0.15, 0.2) is 0 Å². The first-order chi connectivity index (χ1) is 9.79. The molecule has 1 unspecified atom stereocenters. The van der Waals surface area contributed by atoms with E-state index in [2.05, 4.69) is 15.2 Å². The summed E-state index contributed by atoms with van der Waals surface area (Å²) in [5.74, 6) is 0.741. The molecule has 2 aromatic rings. The van der Waals surface area contributed by atoms with Gasteiger partial charge in [-0.1, -0.05) is 0 Å². The second kappa shape index (κ2) is 4.82. The van der Waals surface area contributed by atoms with Gasteiger partial charge >= 0.3 is 0 Å². The van der Waals surface area contributed by atoms with Crippen molar-refractivity contribution >= 4 is 27.3 Å². The molecule has 2 aromatic heterocycles. The summed E-state index contributed by atoms with van der Waals surface area (Å²) in [4.78, 5) is 19.8. The van der Waals surface area contributed by atoms with E-state index in [1.165, 1.54) is 25.9 Å². The Labute approximate surface area is 121 Å². The standard InChI is InChI=1S/C15H17N3OS/c19-15(14-7-11-8-16-4-1-13(11)20-14)17-12-9-18-5-2-10(12)3-6-18/h1,4,7-8,10,12H,2-3,5-6,9H2,(H,17,19). The first-order valence-electron chi connectivity index (χ1n) is 7.16. The number of fused-ring (bicyclic) bond motifs is 4. The van der Waals surface area contributed by atoms with E-state index in [-0.39, 0.29) is 5.91 Å². The molecule has 3 fully saturated rings. The number of rotatable bonds is 2. The molecular formula is C15H17N3OS. The zero-order valence-corrected chi connectivity index (χ0v) is 12.0. The molecule has 0 aromatic carbocycles. The molecule has 3 aliphatic heterocycles. The number of piperidine rings is 3. The van der Waals surface area contributed by atoms with Crippen molar-refractivity contribution in [3.8, 4) is 0 Å². The Balaban J connectivity index is 1.52. The van der Waals surface area contributed by atoms with Crippen molar-refractivity contribution in [1.82, 2.24) is 15.2 Å². The molecule has 5 heterocycles. The Morgan fingerprint density at radius 2 is 2.25 bits per heavy atom. The molecule has 4 nitrogen and oxygen atoms in total. The van der Waals surface area contributed by atoms with Crippen LogP contribution in [0.3, 0.4) is 0 Å². The zero-order valence-electron chi connectivity index (χ0n) is 11.2. The number of carbonyl (C=O) groups excluding carboxylic acids is 1. The molecule has 3 aliphatic rings. The van der Waals surface area contributed by atoms with Crippen molar-refractivity contribution in [2.75, 3.05) is 19.6 Å². The van der Waals surface area contributed by atoms with Crippen LogP contribution in [0.25, 0.3) is 10.1 Å². The maximum absolute atomic E-state index is 12.4. The third kappa shape index (κ3) is 2.11. The predicted molar refractivity (Wildman–Crippen MR) is 80.0 cm³/mol. The number of hydrogen-bond donors (Lipinski definition) is 1. The van der Waals surface area contributed by atoms with Crippen LogP contribution in [-0.2, 0) is 0 Å². The first kappa shape index (κ1) is 12.3. The van der Waals surface area contributed by atoms with Gasteiger partial charge in [-0.2, -0.15) is 0 Å². The molecule has 0 saturated carbocycles. The lowest BCUT2D eigenvalue weighted by atomic mass is 9.84. The quantitative estimate of drug-likeness (QED) is 0.920. The first-order valence-corrected chi connectivity index (χ1v) is 7.98. The van der Waals surface area contributed by atoms with Gasteiger partial charge in [0.05, 0.1) is 4.88 Å². The summed E-state index contributed by atoms with van der Waals surface area (Å²) >= 11 is 1.55. The van der Waals surface area contributed by atoms with Crippen LogP contribution in [0.2, 0.25) is 0 Å². The lowest BCUT2D eigenvalue weighted by molar-refractivity contribution is 0.0622. The van der Waals surface area contributed by atoms with Crippen LogP contribution in [0.1, 0.15) is 22.5 Å². The summed E-state index contributed by atoms with van der Waals surface area (Å²) in [6, 6.07) is 4.24. The molecule has 1 atom stereocenters. The van der Waals surface area contributed by atoms with E-state index in [4.69, 9.17) is 0 Å². The topological polar surface area (TPSA) is 45.2 Å². The highest BCUT2D eigenvalue weighted by Crippen LogP contribution is 2.29. The fraction of sp³-hybridized carbons (Fsp3) is 0.467. The minimum absolute atomic E-state index is 0.0740. The molecule has 5 rings (SSSR count). The number of hydrogen-bond acceptors (Lipinski definition) is 4. The van der Waals surface area contributed by atoms with E-state index in [1.54, 1.807) is 17.5 Å². The van der Waals surface area contributed by atoms with Gasteiger partial charge in [0.25, 0.3) is 5.91 Å². The summed E-state index contributed by atoms with van der Waals surface area (Å²) < 4.78 is 1.12. The summed E-state index contributed by atoms with van der Waals surface area (Å²) in [5.41, 5.74) is 0. The minimum Gasteiger partial charge on any atom is -0.347 e. The number of thiophene rings is 1. The monoisotopic (exact) mass is 287 g/mol. The third-order valence-corrected chi connectivity index (χ3v) is 5.63. The highest BCUT2D eigenvalue weighted by molar-refractivity contribution is 7.20. The maximum atomic E-state index is 12.4. The summed E-state index contributed by atoms with van der Waals surface area (Å²) in [6.07, 6.45) is 6.04. The fourth-order valence-corrected chi connectivity index (χ4v) is 4.30. The lowest BCUT2D eigenvalue weighted by Crippen LogP contribution is -2.57. The maximum Gasteiger partial charge on any atom is 0.261 e. The van der Waals surface area contributed by atoms with Gasteiger partial charge in [0.2, 0.25) is 0 Å². The number of nitrogens with zero attached hydrogens (tertiary/aromatic N) is 2. The van der Waals surface area contributed by atoms with Crippen molar-refractivity contribution in [2.45, 2.75) is 18.9 Å². The summed E-state index contributed by atoms with van der Waals surface area (Å²) in [5, 5.41) is 4.29. The lowest BCUT2D eigenvalue weighted by Gasteiger charge is -2.44. The van der Waals surface area contributed by atoms with E-state index in [9.17, 15) is 4.79 Å². The molecule has 20 heavy (non-hydrogen) atoms. The SMILES string of the molecule is O=C(NC1CN2CCC1CC2)c1cc2cnccc2s1. The van der Waals surface area contributed by atoms with Gasteiger partial charge < -0.3 is 10.2 Å². The Bertz CT molecular complexity index is 612. The van der Waals surface area contributed by atoms with E-state index in [0.29, 0.717) is 12.0 Å². The van der Waals surface area contributed by atoms with Crippen LogP contribution < -0.4 is 5.32 Å². The summed E-state index contributed by atoms with van der Waals surface area (Å²) in [7, 11) is 0. The van der Waals surface area contributed by atoms with E-state index in [1.807, 2.05) is 18.3 Å². The van der Waals surface area contributed by atoms with Gasteiger partial charge in [-0.05, 0) is 44.0 Å². The molecule has 0 radical (unpaired) electrons. The zero-order chi connectivity index (χ0) is 13.5. The normalized spacial score (nSPS) is 28.7. The number of carbonyl (C=O) groups is 1. The van der Waals surface area contributed by atoms with E-state index in [0.717, 1.165) is 21.5 Å². The van der Waals surface area contributed by atoms with Crippen LogP contribution in [-0.4, -0.2) is 41.5 Å². The highest BCUT2D eigenvalue weighted by Gasteiger charge is 2.35. The molecule has 104 valence electrons. The van der Waals surface area contributed by atoms with E-state index < -0.39 is 0 Å². The molecule has 5 heteroatoms. The van der Waals surface area contributed by atoms with Crippen molar-refractivity contribution in [2.24, 2.45) is 5.92 Å². The average molecular weight is 287 g/mol. The molecule has 0 spiro atoms. The predicted octanol–water partition coefficient (Wildman–Crippen LogP) is 2.12. The van der Waals surface area contributed by atoms with Gasteiger partial charge in [-0.3, -0.25) is 9.78 Å². The van der Waals surface area contributed by atoms with Crippen LogP contribution in [0.15, 0.2) is 24.5 Å². The smallest absolute Gasteiger partial charge is 0.261 e. The van der Waals surface area contributed by atoms with Gasteiger partial charge in [-0.15, -0.1) is 11.3 Å². The van der Waals surface area contributed by atoms with Gasteiger partial charge in [0, 0.05) is 35.1 Å². The Morgan fingerprint density at radius 3 is 2.95 bits per heavy atom. The van der Waals surface area contributed by atoms with Crippen LogP contribution in [0, 0.1) is 5.92 Å². The molecule has 1 amide bonds. The largest absolute Gasteiger partial charge is 0.347 e. The van der Waals surface area contributed by atoms with Gasteiger partial charge in [-0.25, -0.2) is 0 Å². The van der Waals surface area contributed by atoms with Crippen LogP contribution in [0.5, 0.6) is 0 Å². The van der Waals surface area contributed by atoms with Crippen molar-refractivity contribution in [1.29, 1.82) is 0 Å². The molecule has 0 aliphatic carbocycles. The second-order valence-electron chi connectivity index (χ2n) is 5.74. The fourth-order valence-electron chi connectivity index (χ4n) is 3.36. The summed E-state index contributed by atoms with van der Waals surface area (Å²) in [6.45, 7) is 3.42. The van der Waals surface area contributed by atoms with Crippen LogP contribution in [0.4, 0.5) is 0 Å². The average Bonchev–Trinajstić information content (AvgIpc) is 2.92. The Hall–Kier alpha value is -1.46. The highest BCUT2D eigenvalue weighted by atomic mass is 32.1. The van der Waals surface area contributed by atoms with Crippen molar-refractivity contribution in [3.05, 3.63) is 29.4 Å². The molecule has 2 bridgehead atoms. The Morgan fingerprint density at radius 1 is 1.40 bits per heavy atom. The molecular weight excluding hydrogens is 270 g/mol.